The largest absolute Gasteiger partial charge is 0.490 e. The summed E-state index contributed by atoms with van der Waals surface area (Å²) in [5.74, 6) is -2.76. The number of nitrogens with one attached hydrogen (secondary N) is 2. The highest BCUT2D eigenvalue weighted by Crippen LogP contribution is 2.30. The van der Waals surface area contributed by atoms with Gasteiger partial charge in [-0.15, -0.1) is 0 Å². The van der Waals surface area contributed by atoms with Gasteiger partial charge in [-0.2, -0.15) is 13.2 Å². The average molecular weight is 357 g/mol. The Bertz CT molecular complexity index is 812. The van der Waals surface area contributed by atoms with Gasteiger partial charge in [0.15, 0.2) is 0 Å². The summed E-state index contributed by atoms with van der Waals surface area (Å²) >= 11 is 0. The molecule has 0 bridgehead atoms. The van der Waals surface area contributed by atoms with Gasteiger partial charge in [-0.25, -0.2) is 9.59 Å². The number of alkyl halides is 3. The molecular formula is C16H18F3N3O3. The molecule has 9 heteroatoms. The van der Waals surface area contributed by atoms with Crippen LogP contribution in [0.15, 0.2) is 18.2 Å². The molecule has 0 fully saturated rings. The summed E-state index contributed by atoms with van der Waals surface area (Å²) in [6, 6.07) is 6.08. The van der Waals surface area contributed by atoms with Gasteiger partial charge in [0.2, 0.25) is 0 Å². The van der Waals surface area contributed by atoms with E-state index in [9.17, 15) is 18.0 Å². The van der Waals surface area contributed by atoms with Crippen LogP contribution in [0.3, 0.4) is 0 Å². The van der Waals surface area contributed by atoms with Crippen molar-refractivity contribution in [3.8, 4) is 0 Å². The molecule has 3 N–H and O–H groups in total. The quantitative estimate of drug-likeness (QED) is 0.676. The van der Waals surface area contributed by atoms with Gasteiger partial charge >= 0.3 is 18.2 Å². The molecule has 1 aliphatic heterocycles. The second kappa shape index (κ2) is 7.14. The lowest BCUT2D eigenvalue weighted by molar-refractivity contribution is -0.192. The molecule has 1 amide bonds. The molecule has 0 spiro atoms. The SMILES string of the molecule is CNC(=O)n1c2c(c3c(C)cccc31)CCNC2.O=C(O)C(F)(F)F. The standard InChI is InChI=1S/C14H17N3O.C2HF3O2/c1-9-4-3-5-11-13(9)10-6-7-16-8-12(10)17(11)14(18)15-2;3-2(4,5)1(6)7/h3-5,16H,6-8H2,1-2H3,(H,15,18);(H,6,7). The lowest BCUT2D eigenvalue weighted by Gasteiger charge is -2.16. The first-order valence-corrected chi connectivity index (χ1v) is 7.53. The van der Waals surface area contributed by atoms with Crippen LogP contribution in [0.2, 0.25) is 0 Å². The predicted octanol–water partition coefficient (Wildman–Crippen LogP) is 2.42. The molecule has 1 aromatic carbocycles. The Morgan fingerprint density at radius 1 is 1.32 bits per heavy atom. The molecule has 0 radical (unpaired) electrons. The lowest BCUT2D eigenvalue weighted by Crippen LogP contribution is -2.31. The van der Waals surface area contributed by atoms with E-state index in [1.165, 1.54) is 16.5 Å². The van der Waals surface area contributed by atoms with E-state index < -0.39 is 12.1 Å². The molecule has 3 rings (SSSR count). The van der Waals surface area contributed by atoms with Crippen molar-refractivity contribution >= 4 is 22.9 Å². The molecule has 0 saturated heterocycles. The van der Waals surface area contributed by atoms with Crippen LogP contribution in [0.5, 0.6) is 0 Å². The Morgan fingerprint density at radius 3 is 2.52 bits per heavy atom. The Hall–Kier alpha value is -2.55. The molecular weight excluding hydrogens is 339 g/mol. The van der Waals surface area contributed by atoms with Gasteiger partial charge in [-0.05, 0) is 37.1 Å². The molecule has 2 heterocycles. The third-order valence-electron chi connectivity index (χ3n) is 3.92. The number of nitrogens with zero attached hydrogens (tertiary/aromatic N) is 1. The normalized spacial score (nSPS) is 13.6. The molecule has 2 aromatic rings. The summed E-state index contributed by atoms with van der Waals surface area (Å²) in [7, 11) is 1.67. The van der Waals surface area contributed by atoms with Gasteiger partial charge < -0.3 is 15.7 Å². The van der Waals surface area contributed by atoms with Gasteiger partial charge in [0.05, 0.1) is 5.52 Å². The zero-order valence-electron chi connectivity index (χ0n) is 13.7. The van der Waals surface area contributed by atoms with E-state index in [0.29, 0.717) is 0 Å². The number of amides is 1. The fourth-order valence-electron chi connectivity index (χ4n) is 2.87. The Labute approximate surface area is 141 Å². The summed E-state index contributed by atoms with van der Waals surface area (Å²) < 4.78 is 33.5. The van der Waals surface area contributed by atoms with Gasteiger partial charge in [0, 0.05) is 24.7 Å². The van der Waals surface area contributed by atoms with Crippen LogP contribution in [-0.2, 0) is 17.8 Å². The van der Waals surface area contributed by atoms with Crippen LogP contribution in [0.1, 0.15) is 16.8 Å². The van der Waals surface area contributed by atoms with Crippen molar-refractivity contribution in [2.24, 2.45) is 0 Å². The molecule has 0 unspecified atom stereocenters. The fraction of sp³-hybridized carbons (Fsp3) is 0.375. The highest BCUT2D eigenvalue weighted by atomic mass is 19.4. The van der Waals surface area contributed by atoms with E-state index in [4.69, 9.17) is 9.90 Å². The van der Waals surface area contributed by atoms with Crippen LogP contribution >= 0.6 is 0 Å². The first-order chi connectivity index (χ1) is 11.7. The number of carbonyl (C=O) groups excluding carboxylic acids is 1. The number of benzene rings is 1. The van der Waals surface area contributed by atoms with E-state index in [2.05, 4.69) is 23.6 Å². The Kier molecular flexibility index (Phi) is 5.36. The van der Waals surface area contributed by atoms with Crippen molar-refractivity contribution in [1.29, 1.82) is 0 Å². The maximum Gasteiger partial charge on any atom is 0.490 e. The minimum atomic E-state index is -5.08. The molecule has 1 aliphatic rings. The molecule has 25 heavy (non-hydrogen) atoms. The van der Waals surface area contributed by atoms with Crippen molar-refractivity contribution in [3.05, 3.63) is 35.0 Å². The summed E-state index contributed by atoms with van der Waals surface area (Å²) in [4.78, 5) is 21.0. The zero-order chi connectivity index (χ0) is 18.8. The number of fused-ring (bicyclic) bond motifs is 3. The number of hydrogen-bond donors (Lipinski definition) is 3. The smallest absolute Gasteiger partial charge is 0.475 e. The van der Waals surface area contributed by atoms with Gasteiger partial charge in [-0.1, -0.05) is 12.1 Å². The third-order valence-corrected chi connectivity index (χ3v) is 3.92. The molecule has 1 aromatic heterocycles. The summed E-state index contributed by atoms with van der Waals surface area (Å²) in [6.45, 7) is 3.85. The maximum absolute atomic E-state index is 12.1. The van der Waals surface area contributed by atoms with Crippen molar-refractivity contribution < 1.29 is 27.9 Å². The monoisotopic (exact) mass is 357 g/mol. The number of rotatable bonds is 0. The number of aliphatic carboxylic acids is 1. The maximum atomic E-state index is 12.1. The lowest BCUT2D eigenvalue weighted by atomic mass is 10.0. The first kappa shape index (κ1) is 18.8. The highest BCUT2D eigenvalue weighted by molar-refractivity contribution is 5.97. The van der Waals surface area contributed by atoms with Gasteiger partial charge in [0.1, 0.15) is 0 Å². The van der Waals surface area contributed by atoms with E-state index in [1.54, 1.807) is 7.05 Å². The number of halogens is 3. The molecule has 0 atom stereocenters. The predicted molar refractivity (Wildman–Crippen MR) is 85.6 cm³/mol. The van der Waals surface area contributed by atoms with E-state index in [1.807, 2.05) is 16.7 Å². The van der Waals surface area contributed by atoms with E-state index in [-0.39, 0.29) is 6.03 Å². The molecule has 0 saturated carbocycles. The molecule has 0 aliphatic carbocycles. The van der Waals surface area contributed by atoms with Crippen LogP contribution in [0.4, 0.5) is 18.0 Å². The summed E-state index contributed by atoms with van der Waals surface area (Å²) in [5, 5.41) is 14.4. The van der Waals surface area contributed by atoms with Crippen LogP contribution < -0.4 is 10.6 Å². The van der Waals surface area contributed by atoms with Gasteiger partial charge in [0.25, 0.3) is 0 Å². The number of aromatic nitrogens is 1. The van der Waals surface area contributed by atoms with Crippen molar-refractivity contribution in [1.82, 2.24) is 15.2 Å². The highest BCUT2D eigenvalue weighted by Gasteiger charge is 2.38. The van der Waals surface area contributed by atoms with E-state index >= 15 is 0 Å². The van der Waals surface area contributed by atoms with Crippen molar-refractivity contribution in [2.75, 3.05) is 13.6 Å². The van der Waals surface area contributed by atoms with Crippen LogP contribution in [-0.4, -0.2) is 41.4 Å². The molecule has 136 valence electrons. The second-order valence-corrected chi connectivity index (χ2v) is 5.51. The number of carboxylic acids is 1. The average Bonchev–Trinajstić information content (AvgIpc) is 2.89. The second-order valence-electron chi connectivity index (χ2n) is 5.51. The number of aryl methyl sites for hydroxylation is 1. The van der Waals surface area contributed by atoms with Crippen molar-refractivity contribution in [3.63, 3.8) is 0 Å². The fourth-order valence-corrected chi connectivity index (χ4v) is 2.87. The van der Waals surface area contributed by atoms with Gasteiger partial charge in [-0.3, -0.25) is 4.57 Å². The topological polar surface area (TPSA) is 83.4 Å². The first-order valence-electron chi connectivity index (χ1n) is 7.53. The van der Waals surface area contributed by atoms with Crippen LogP contribution in [0.25, 0.3) is 10.9 Å². The summed E-state index contributed by atoms with van der Waals surface area (Å²) in [6.07, 6.45) is -4.10. The number of hydrogen-bond acceptors (Lipinski definition) is 3. The summed E-state index contributed by atoms with van der Waals surface area (Å²) in [5.41, 5.74) is 4.69. The van der Waals surface area contributed by atoms with E-state index in [0.717, 1.165) is 30.7 Å². The van der Waals surface area contributed by atoms with Crippen molar-refractivity contribution in [2.45, 2.75) is 26.1 Å². The number of carbonyl (C=O) groups is 2. The zero-order valence-corrected chi connectivity index (χ0v) is 13.7. The third kappa shape index (κ3) is 3.76. The Balaban J connectivity index is 0.000000277. The molecule has 6 nitrogen and oxygen atoms in total. The van der Waals surface area contributed by atoms with Crippen LogP contribution in [0, 0.1) is 6.92 Å². The minimum absolute atomic E-state index is 0.0597. The Morgan fingerprint density at radius 2 is 1.96 bits per heavy atom. The number of carboxylic acid groups (broad SMARTS) is 1. The minimum Gasteiger partial charge on any atom is -0.475 e.